The monoisotopic (exact) mass is 264 g/mol. The van der Waals surface area contributed by atoms with Crippen molar-refractivity contribution in [3.05, 3.63) is 18.2 Å². The van der Waals surface area contributed by atoms with E-state index in [1.54, 1.807) is 7.11 Å². The fourth-order valence-electron chi connectivity index (χ4n) is 2.47. The zero-order valence-electron chi connectivity index (χ0n) is 12.1. The number of methoxy groups -OCH3 is 1. The lowest BCUT2D eigenvalue weighted by Gasteiger charge is -2.34. The van der Waals surface area contributed by atoms with Crippen molar-refractivity contribution < 1.29 is 9.47 Å². The van der Waals surface area contributed by atoms with E-state index in [9.17, 15) is 0 Å². The molecule has 4 nitrogen and oxygen atoms in total. The number of hydrogen-bond acceptors (Lipinski definition) is 4. The Hall–Kier alpha value is -1.42. The summed E-state index contributed by atoms with van der Waals surface area (Å²) in [6.45, 7) is 6.70. The predicted octanol–water partition coefficient (Wildman–Crippen LogP) is 2.53. The van der Waals surface area contributed by atoms with E-state index in [1.807, 2.05) is 18.2 Å². The molecule has 0 bridgehead atoms. The molecule has 0 saturated carbocycles. The smallest absolute Gasteiger partial charge is 0.145 e. The highest BCUT2D eigenvalue weighted by Crippen LogP contribution is 2.28. The molecule has 19 heavy (non-hydrogen) atoms. The van der Waals surface area contributed by atoms with Gasteiger partial charge in [-0.15, -0.1) is 0 Å². The topological polar surface area (TPSA) is 47.7 Å². The van der Waals surface area contributed by atoms with Gasteiger partial charge in [-0.2, -0.15) is 0 Å². The largest absolute Gasteiger partial charge is 0.494 e. The lowest BCUT2D eigenvalue weighted by Crippen LogP contribution is -2.41. The van der Waals surface area contributed by atoms with Crippen LogP contribution in [-0.4, -0.2) is 37.2 Å². The molecule has 1 fully saturated rings. The summed E-state index contributed by atoms with van der Waals surface area (Å²) in [6.07, 6.45) is 2.44. The number of ether oxygens (including phenoxy) is 2. The van der Waals surface area contributed by atoms with Gasteiger partial charge in [0.25, 0.3) is 0 Å². The van der Waals surface area contributed by atoms with Gasteiger partial charge < -0.3 is 20.1 Å². The second-order valence-corrected chi connectivity index (χ2v) is 5.35. The van der Waals surface area contributed by atoms with Crippen LogP contribution in [0.4, 0.5) is 5.69 Å². The number of piperidine rings is 1. The Labute approximate surface area is 115 Å². The normalized spacial score (nSPS) is 17.7. The highest BCUT2D eigenvalue weighted by Gasteiger charge is 2.22. The first-order chi connectivity index (χ1) is 9.10. The summed E-state index contributed by atoms with van der Waals surface area (Å²) in [7, 11) is 1.62. The van der Waals surface area contributed by atoms with E-state index in [4.69, 9.17) is 15.2 Å². The molecule has 2 rings (SSSR count). The molecular weight excluding hydrogens is 240 g/mol. The predicted molar refractivity (Wildman–Crippen MR) is 77.8 cm³/mol. The minimum Gasteiger partial charge on any atom is -0.494 e. The third-order valence-electron chi connectivity index (χ3n) is 3.71. The third kappa shape index (κ3) is 3.53. The molecule has 0 radical (unpaired) electrons. The molecule has 0 unspecified atom stereocenters. The van der Waals surface area contributed by atoms with Crippen molar-refractivity contribution in [2.75, 3.05) is 25.9 Å². The van der Waals surface area contributed by atoms with Gasteiger partial charge in [0.15, 0.2) is 0 Å². The van der Waals surface area contributed by atoms with E-state index in [-0.39, 0.29) is 0 Å². The number of nitrogens with two attached hydrogens (primary N) is 1. The van der Waals surface area contributed by atoms with E-state index < -0.39 is 0 Å². The average molecular weight is 264 g/mol. The van der Waals surface area contributed by atoms with Crippen LogP contribution in [0.2, 0.25) is 0 Å². The standard InChI is InChI=1S/C15H24N2O2/c1-11(2)17-8-6-12(7-9-17)19-13-4-5-14(16)15(10-13)18-3/h4-5,10-12H,6-9,16H2,1-3H3. The van der Waals surface area contributed by atoms with Crippen molar-refractivity contribution in [3.63, 3.8) is 0 Å². The molecule has 0 amide bonds. The number of anilines is 1. The fraction of sp³-hybridized carbons (Fsp3) is 0.600. The van der Waals surface area contributed by atoms with Crippen LogP contribution in [0.5, 0.6) is 11.5 Å². The van der Waals surface area contributed by atoms with E-state index in [2.05, 4.69) is 18.7 Å². The first-order valence-electron chi connectivity index (χ1n) is 6.94. The van der Waals surface area contributed by atoms with E-state index in [1.165, 1.54) is 0 Å². The maximum atomic E-state index is 6.02. The van der Waals surface area contributed by atoms with E-state index in [0.29, 0.717) is 23.6 Å². The third-order valence-corrected chi connectivity index (χ3v) is 3.71. The van der Waals surface area contributed by atoms with Crippen molar-refractivity contribution in [1.82, 2.24) is 4.90 Å². The van der Waals surface area contributed by atoms with E-state index >= 15 is 0 Å². The van der Waals surface area contributed by atoms with Gasteiger partial charge in [0.05, 0.1) is 12.8 Å². The van der Waals surface area contributed by atoms with Crippen molar-refractivity contribution in [3.8, 4) is 11.5 Å². The van der Waals surface area contributed by atoms with Gasteiger partial charge in [-0.3, -0.25) is 0 Å². The van der Waals surface area contributed by atoms with Gasteiger partial charge in [-0.05, 0) is 38.8 Å². The first-order valence-corrected chi connectivity index (χ1v) is 6.94. The van der Waals surface area contributed by atoms with Crippen molar-refractivity contribution >= 4 is 5.69 Å². The van der Waals surface area contributed by atoms with Crippen LogP contribution in [0.1, 0.15) is 26.7 Å². The van der Waals surface area contributed by atoms with Crippen molar-refractivity contribution in [2.45, 2.75) is 38.8 Å². The average Bonchev–Trinajstić information content (AvgIpc) is 2.41. The number of likely N-dealkylation sites (tertiary alicyclic amines) is 1. The molecule has 1 heterocycles. The second kappa shape index (κ2) is 6.15. The van der Waals surface area contributed by atoms with Crippen LogP contribution >= 0.6 is 0 Å². The molecule has 0 aromatic heterocycles. The summed E-state index contributed by atoms with van der Waals surface area (Å²) in [4.78, 5) is 2.49. The Morgan fingerprint density at radius 2 is 1.95 bits per heavy atom. The Balaban J connectivity index is 1.92. The molecule has 2 N–H and O–H groups in total. The molecule has 1 aromatic carbocycles. The van der Waals surface area contributed by atoms with Gasteiger partial charge in [0.1, 0.15) is 17.6 Å². The van der Waals surface area contributed by atoms with Crippen LogP contribution in [0.3, 0.4) is 0 Å². The molecule has 1 aromatic rings. The lowest BCUT2D eigenvalue weighted by molar-refractivity contribution is 0.0842. The molecule has 4 heteroatoms. The molecule has 0 spiro atoms. The molecule has 1 aliphatic heterocycles. The van der Waals surface area contributed by atoms with Crippen LogP contribution in [0.15, 0.2) is 18.2 Å². The summed E-state index contributed by atoms with van der Waals surface area (Å²) in [5, 5.41) is 0. The molecule has 1 saturated heterocycles. The minimum absolute atomic E-state index is 0.295. The second-order valence-electron chi connectivity index (χ2n) is 5.35. The van der Waals surface area contributed by atoms with Gasteiger partial charge in [0.2, 0.25) is 0 Å². The molecule has 0 atom stereocenters. The summed E-state index contributed by atoms with van der Waals surface area (Å²) >= 11 is 0. The summed E-state index contributed by atoms with van der Waals surface area (Å²) in [6, 6.07) is 6.23. The molecule has 1 aliphatic rings. The maximum absolute atomic E-state index is 6.02. The van der Waals surface area contributed by atoms with Crippen molar-refractivity contribution in [2.24, 2.45) is 0 Å². The maximum Gasteiger partial charge on any atom is 0.145 e. The SMILES string of the molecule is COc1cc(OC2CCN(C(C)C)CC2)ccc1N. The van der Waals surface area contributed by atoms with Crippen LogP contribution in [-0.2, 0) is 0 Å². The Morgan fingerprint density at radius 1 is 1.26 bits per heavy atom. The first kappa shape index (κ1) is 14.0. The zero-order valence-corrected chi connectivity index (χ0v) is 12.1. The molecular formula is C15H24N2O2. The van der Waals surface area contributed by atoms with Gasteiger partial charge in [-0.1, -0.05) is 0 Å². The lowest BCUT2D eigenvalue weighted by atomic mass is 10.1. The highest BCUT2D eigenvalue weighted by molar-refractivity contribution is 5.55. The minimum atomic E-state index is 0.295. The Bertz CT molecular complexity index is 413. The molecule has 106 valence electrons. The van der Waals surface area contributed by atoms with Gasteiger partial charge in [-0.25, -0.2) is 0 Å². The number of rotatable bonds is 4. The van der Waals surface area contributed by atoms with Crippen LogP contribution in [0, 0.1) is 0 Å². The molecule has 0 aliphatic carbocycles. The van der Waals surface area contributed by atoms with Crippen LogP contribution in [0.25, 0.3) is 0 Å². The van der Waals surface area contributed by atoms with Crippen LogP contribution < -0.4 is 15.2 Å². The van der Waals surface area contributed by atoms with Gasteiger partial charge in [0, 0.05) is 25.2 Å². The van der Waals surface area contributed by atoms with Gasteiger partial charge >= 0.3 is 0 Å². The van der Waals surface area contributed by atoms with E-state index in [0.717, 1.165) is 31.7 Å². The Kier molecular flexibility index (Phi) is 4.53. The summed E-state index contributed by atoms with van der Waals surface area (Å²) < 4.78 is 11.2. The number of nitrogens with zero attached hydrogens (tertiary/aromatic N) is 1. The Morgan fingerprint density at radius 3 is 2.53 bits per heavy atom. The zero-order chi connectivity index (χ0) is 13.8. The quantitative estimate of drug-likeness (QED) is 0.849. The number of nitrogen functional groups attached to an aromatic ring is 1. The van der Waals surface area contributed by atoms with Crippen molar-refractivity contribution in [1.29, 1.82) is 0 Å². The fourth-order valence-corrected chi connectivity index (χ4v) is 2.47. The summed E-state index contributed by atoms with van der Waals surface area (Å²) in [5.41, 5.74) is 6.44. The number of benzene rings is 1. The highest BCUT2D eigenvalue weighted by atomic mass is 16.5. The summed E-state index contributed by atoms with van der Waals surface area (Å²) in [5.74, 6) is 1.52. The number of hydrogen-bond donors (Lipinski definition) is 1.